The van der Waals surface area contributed by atoms with Crippen LogP contribution in [0.5, 0.6) is 23.0 Å². The van der Waals surface area contributed by atoms with E-state index in [0.717, 1.165) is 39.5 Å². The van der Waals surface area contributed by atoms with Gasteiger partial charge < -0.3 is 9.47 Å². The Morgan fingerprint density at radius 2 is 0.755 bits per heavy atom. The summed E-state index contributed by atoms with van der Waals surface area (Å²) in [6.07, 6.45) is 0. The van der Waals surface area contributed by atoms with E-state index < -0.39 is 0 Å². The van der Waals surface area contributed by atoms with Gasteiger partial charge in [-0.05, 0) is 117 Å². The lowest BCUT2D eigenvalue weighted by Crippen LogP contribution is -2.57. The molecule has 0 N–H and O–H groups in total. The molecule has 10 aromatic rings. The molecule has 53 heavy (non-hydrogen) atoms. The Kier molecular flexibility index (Phi) is 5.89. The number of fused-ring (bicyclic) bond motifs is 15. The normalized spacial score (nSPS) is 12.8. The highest BCUT2D eigenvalue weighted by Crippen LogP contribution is 2.45. The van der Waals surface area contributed by atoms with Crippen LogP contribution < -0.4 is 25.9 Å². The summed E-state index contributed by atoms with van der Waals surface area (Å²) in [5.41, 5.74) is 8.11. The molecule has 2 aliphatic rings. The van der Waals surface area contributed by atoms with Crippen LogP contribution in [0.3, 0.4) is 0 Å². The van der Waals surface area contributed by atoms with Gasteiger partial charge in [0.2, 0.25) is 0 Å². The molecule has 0 aromatic heterocycles. The summed E-state index contributed by atoms with van der Waals surface area (Å²) in [6, 6.07) is 63.7. The molecule has 0 fully saturated rings. The highest BCUT2D eigenvalue weighted by molar-refractivity contribution is 6.98. The van der Waals surface area contributed by atoms with Crippen molar-refractivity contribution < 1.29 is 9.47 Å². The van der Waals surface area contributed by atoms with Crippen molar-refractivity contribution in [2.24, 2.45) is 0 Å². The van der Waals surface area contributed by atoms with Gasteiger partial charge in [-0.25, -0.2) is 0 Å². The molecular weight excluding hydrogens is 643 g/mol. The third-order valence-electron chi connectivity index (χ3n) is 11.6. The molecule has 0 bridgehead atoms. The van der Waals surface area contributed by atoms with E-state index in [1.54, 1.807) is 0 Å². The predicted molar refractivity (Wildman–Crippen MR) is 223 cm³/mol. The van der Waals surface area contributed by atoms with Gasteiger partial charge in [0.15, 0.2) is 0 Å². The zero-order valence-electron chi connectivity index (χ0n) is 28.6. The second-order valence-corrected chi connectivity index (χ2v) is 14.3. The summed E-state index contributed by atoms with van der Waals surface area (Å²) in [4.78, 5) is 0. The first-order valence-electron chi connectivity index (χ1n) is 18.3. The fourth-order valence-corrected chi connectivity index (χ4v) is 9.32. The quantitative estimate of drug-likeness (QED) is 0.134. The SMILES string of the molecule is c1ccc2c(c1)Oc1cccc3c1B2c1ccc(-c2ccccc2-c2ccc4c(c2)c2ccccc2c2c5ccccc5c5ccccc5c42)cc1O3. The summed E-state index contributed by atoms with van der Waals surface area (Å²) in [5, 5.41) is 12.9. The van der Waals surface area contributed by atoms with E-state index in [2.05, 4.69) is 158 Å². The Morgan fingerprint density at radius 3 is 1.42 bits per heavy atom. The van der Waals surface area contributed by atoms with Crippen LogP contribution >= 0.6 is 0 Å². The lowest BCUT2D eigenvalue weighted by Gasteiger charge is -2.33. The van der Waals surface area contributed by atoms with E-state index in [9.17, 15) is 0 Å². The maximum absolute atomic E-state index is 6.68. The molecule has 3 heteroatoms. The van der Waals surface area contributed by atoms with Crippen molar-refractivity contribution in [1.29, 1.82) is 0 Å². The van der Waals surface area contributed by atoms with Gasteiger partial charge in [-0.15, -0.1) is 0 Å². The molecule has 0 atom stereocenters. The molecule has 0 saturated carbocycles. The Morgan fingerprint density at radius 1 is 0.302 bits per heavy atom. The van der Waals surface area contributed by atoms with Crippen molar-refractivity contribution >= 4 is 77.0 Å². The number of benzene rings is 10. The minimum Gasteiger partial charge on any atom is -0.458 e. The molecule has 0 radical (unpaired) electrons. The fraction of sp³-hybridized carbons (Fsp3) is 0. The van der Waals surface area contributed by atoms with Gasteiger partial charge >= 0.3 is 0 Å². The number of ether oxygens (including phenoxy) is 2. The maximum Gasteiger partial charge on any atom is 0.260 e. The van der Waals surface area contributed by atoms with E-state index in [-0.39, 0.29) is 6.71 Å². The first kappa shape index (κ1) is 28.8. The zero-order chi connectivity index (χ0) is 34.6. The van der Waals surface area contributed by atoms with Gasteiger partial charge in [-0.2, -0.15) is 0 Å². The summed E-state index contributed by atoms with van der Waals surface area (Å²) < 4.78 is 13.0. The van der Waals surface area contributed by atoms with Crippen molar-refractivity contribution in [1.82, 2.24) is 0 Å². The van der Waals surface area contributed by atoms with Crippen LogP contribution in [-0.2, 0) is 0 Å². The standard InChI is InChI=1S/C50H29BO2/c1-2-13-33(31-25-27-43-47(29-31)53-46-23-11-22-45-50(46)51(43)42-20-9-10-21-44(42)52-45)32(12-1)30-24-26-40-41(28-30)36-16-5-8-19-39(36)48-37-17-6-3-14-34(37)35-15-4-7-18-38(35)49(40)48/h1-29H. The van der Waals surface area contributed by atoms with Crippen LogP contribution in [0.2, 0.25) is 0 Å². The van der Waals surface area contributed by atoms with Crippen LogP contribution in [0.1, 0.15) is 0 Å². The molecule has 0 unspecified atom stereocenters. The van der Waals surface area contributed by atoms with Gasteiger partial charge in [0.05, 0.1) is 0 Å². The van der Waals surface area contributed by atoms with Gasteiger partial charge in [0.1, 0.15) is 23.0 Å². The average molecular weight is 673 g/mol. The summed E-state index contributed by atoms with van der Waals surface area (Å²) in [6.45, 7) is 0.0518. The number of rotatable bonds is 2. The zero-order valence-corrected chi connectivity index (χ0v) is 28.6. The van der Waals surface area contributed by atoms with Crippen LogP contribution in [0.4, 0.5) is 0 Å². The Labute approximate surface area is 306 Å². The summed E-state index contributed by atoms with van der Waals surface area (Å²) in [7, 11) is 0. The Bertz CT molecular complexity index is 3200. The van der Waals surface area contributed by atoms with E-state index in [1.165, 1.54) is 76.0 Å². The third kappa shape index (κ3) is 4.05. The molecule has 0 spiro atoms. The molecule has 0 aliphatic carbocycles. The van der Waals surface area contributed by atoms with Gasteiger partial charge in [0, 0.05) is 5.46 Å². The van der Waals surface area contributed by atoms with E-state index in [4.69, 9.17) is 9.47 Å². The van der Waals surface area contributed by atoms with Gasteiger partial charge in [-0.3, -0.25) is 0 Å². The third-order valence-corrected chi connectivity index (χ3v) is 11.6. The molecule has 0 saturated heterocycles. The van der Waals surface area contributed by atoms with E-state index in [0.29, 0.717) is 0 Å². The molecule has 2 nitrogen and oxygen atoms in total. The number of hydrogen-bond donors (Lipinski definition) is 0. The van der Waals surface area contributed by atoms with Crippen molar-refractivity contribution in [2.75, 3.05) is 0 Å². The van der Waals surface area contributed by atoms with Crippen molar-refractivity contribution in [3.63, 3.8) is 0 Å². The smallest absolute Gasteiger partial charge is 0.260 e. The fourth-order valence-electron chi connectivity index (χ4n) is 9.32. The van der Waals surface area contributed by atoms with Gasteiger partial charge in [0.25, 0.3) is 6.71 Å². The summed E-state index contributed by atoms with van der Waals surface area (Å²) in [5.74, 6) is 3.51. The largest absolute Gasteiger partial charge is 0.458 e. The lowest BCUT2D eigenvalue weighted by molar-refractivity contribution is 0.464. The average Bonchev–Trinajstić information content (AvgIpc) is 3.23. The maximum atomic E-state index is 6.68. The second-order valence-electron chi connectivity index (χ2n) is 14.3. The first-order valence-corrected chi connectivity index (χ1v) is 18.3. The second kappa shape index (κ2) is 10.8. The van der Waals surface area contributed by atoms with Crippen molar-refractivity contribution in [3.05, 3.63) is 176 Å². The van der Waals surface area contributed by atoms with Crippen LogP contribution in [-0.4, -0.2) is 6.71 Å². The molecule has 244 valence electrons. The first-order chi connectivity index (χ1) is 26.3. The molecule has 10 aromatic carbocycles. The number of para-hydroxylation sites is 1. The molecule has 0 amide bonds. The predicted octanol–water partition coefficient (Wildman–Crippen LogP) is 11.5. The monoisotopic (exact) mass is 672 g/mol. The van der Waals surface area contributed by atoms with Crippen molar-refractivity contribution in [3.8, 4) is 45.3 Å². The Balaban J connectivity index is 1.06. The topological polar surface area (TPSA) is 18.5 Å². The van der Waals surface area contributed by atoms with E-state index in [1.807, 2.05) is 18.2 Å². The minimum atomic E-state index is 0.0518. The minimum absolute atomic E-state index is 0.0518. The highest BCUT2D eigenvalue weighted by Gasteiger charge is 2.39. The molecule has 2 aliphatic heterocycles. The number of hydrogen-bond acceptors (Lipinski definition) is 2. The van der Waals surface area contributed by atoms with E-state index >= 15 is 0 Å². The molecule has 2 heterocycles. The van der Waals surface area contributed by atoms with Crippen LogP contribution in [0.15, 0.2) is 176 Å². The molecule has 12 rings (SSSR count). The van der Waals surface area contributed by atoms with Crippen LogP contribution in [0.25, 0.3) is 76.1 Å². The highest BCUT2D eigenvalue weighted by atomic mass is 16.5. The Hall–Kier alpha value is -6.84. The lowest BCUT2D eigenvalue weighted by atomic mass is 9.35. The van der Waals surface area contributed by atoms with Crippen LogP contribution in [0, 0.1) is 0 Å². The van der Waals surface area contributed by atoms with Crippen molar-refractivity contribution in [2.45, 2.75) is 0 Å². The summed E-state index contributed by atoms with van der Waals surface area (Å²) >= 11 is 0. The van der Waals surface area contributed by atoms with Gasteiger partial charge in [-0.1, -0.05) is 146 Å². The molecular formula is C50H29BO2.